The standard InChI is InChI=1S/C20H24O7/c1-6-9(2)18(23)26-16-15-11(4)19(24)25-13(15)7-10(3)12-8-14(21)20(5,27-12)17(16)22/h7-9,13,15-17,22H,4,6H2,1-3,5H3/b10-7-/t9-,13-,15+,16+,17-,20+/m1/s1. The Morgan fingerprint density at radius 2 is 2.11 bits per heavy atom. The molecule has 0 amide bonds. The smallest absolute Gasteiger partial charge is 0.334 e. The van der Waals surface area contributed by atoms with E-state index in [1.165, 1.54) is 13.0 Å². The molecule has 0 aliphatic carbocycles. The van der Waals surface area contributed by atoms with E-state index >= 15 is 0 Å². The molecule has 7 nitrogen and oxygen atoms in total. The number of aliphatic hydroxyl groups excluding tert-OH is 1. The number of ketones is 1. The van der Waals surface area contributed by atoms with Gasteiger partial charge in [-0.05, 0) is 31.9 Å². The topological polar surface area (TPSA) is 99.1 Å². The van der Waals surface area contributed by atoms with E-state index in [2.05, 4.69) is 6.58 Å². The third kappa shape index (κ3) is 3.00. The monoisotopic (exact) mass is 376 g/mol. The van der Waals surface area contributed by atoms with Gasteiger partial charge in [-0.15, -0.1) is 0 Å². The molecule has 0 radical (unpaired) electrons. The van der Waals surface area contributed by atoms with Gasteiger partial charge in [-0.25, -0.2) is 4.79 Å². The van der Waals surface area contributed by atoms with E-state index in [1.807, 2.05) is 6.92 Å². The lowest BCUT2D eigenvalue weighted by Gasteiger charge is -2.36. The molecule has 3 rings (SSSR count). The van der Waals surface area contributed by atoms with Gasteiger partial charge in [0, 0.05) is 11.6 Å². The Morgan fingerprint density at radius 3 is 2.74 bits per heavy atom. The van der Waals surface area contributed by atoms with Crippen molar-refractivity contribution in [3.05, 3.63) is 35.6 Å². The van der Waals surface area contributed by atoms with Crippen LogP contribution in [-0.2, 0) is 28.6 Å². The van der Waals surface area contributed by atoms with Crippen LogP contribution in [0.25, 0.3) is 0 Å². The van der Waals surface area contributed by atoms with Gasteiger partial charge in [-0.1, -0.05) is 20.4 Å². The van der Waals surface area contributed by atoms with Crippen molar-refractivity contribution in [1.29, 1.82) is 0 Å². The molecule has 1 N–H and O–H groups in total. The summed E-state index contributed by atoms with van der Waals surface area (Å²) in [5.41, 5.74) is -0.954. The van der Waals surface area contributed by atoms with E-state index in [4.69, 9.17) is 14.2 Å². The summed E-state index contributed by atoms with van der Waals surface area (Å²) in [6.07, 6.45) is -0.0350. The Bertz CT molecular complexity index is 777. The molecule has 0 aromatic heterocycles. The van der Waals surface area contributed by atoms with Crippen molar-refractivity contribution in [2.45, 2.75) is 58.0 Å². The second-order valence-electron chi connectivity index (χ2n) is 7.51. The minimum Gasteiger partial charge on any atom is -0.476 e. The van der Waals surface area contributed by atoms with Crippen LogP contribution in [0.15, 0.2) is 35.6 Å². The van der Waals surface area contributed by atoms with Crippen molar-refractivity contribution in [2.24, 2.45) is 11.8 Å². The van der Waals surface area contributed by atoms with Crippen LogP contribution in [0, 0.1) is 11.8 Å². The van der Waals surface area contributed by atoms with Crippen molar-refractivity contribution in [3.8, 4) is 0 Å². The normalized spacial score (nSPS) is 38.3. The first-order valence-electron chi connectivity index (χ1n) is 9.02. The van der Waals surface area contributed by atoms with Crippen molar-refractivity contribution < 1.29 is 33.7 Å². The maximum absolute atomic E-state index is 12.6. The Labute approximate surface area is 157 Å². The number of fused-ring (bicyclic) bond motifs is 3. The fourth-order valence-electron chi connectivity index (χ4n) is 3.49. The zero-order valence-corrected chi connectivity index (χ0v) is 15.9. The number of allylic oxidation sites excluding steroid dienone is 1. The van der Waals surface area contributed by atoms with Crippen molar-refractivity contribution in [3.63, 3.8) is 0 Å². The number of hydrogen-bond acceptors (Lipinski definition) is 7. The highest BCUT2D eigenvalue weighted by atomic mass is 16.6. The Hall–Kier alpha value is -2.41. The molecule has 0 unspecified atom stereocenters. The van der Waals surface area contributed by atoms with Gasteiger partial charge in [0.05, 0.1) is 11.8 Å². The van der Waals surface area contributed by atoms with Gasteiger partial charge in [0.15, 0.2) is 5.60 Å². The average molecular weight is 376 g/mol. The van der Waals surface area contributed by atoms with Crippen molar-refractivity contribution >= 4 is 17.7 Å². The maximum Gasteiger partial charge on any atom is 0.334 e. The molecule has 2 bridgehead atoms. The largest absolute Gasteiger partial charge is 0.476 e. The lowest BCUT2D eigenvalue weighted by atomic mass is 9.80. The highest BCUT2D eigenvalue weighted by molar-refractivity contribution is 6.00. The predicted octanol–water partition coefficient (Wildman–Crippen LogP) is 1.60. The fourth-order valence-corrected chi connectivity index (χ4v) is 3.49. The van der Waals surface area contributed by atoms with Crippen LogP contribution in [0.3, 0.4) is 0 Å². The Kier molecular flexibility index (Phi) is 4.76. The number of carbonyl (C=O) groups excluding carboxylic acids is 3. The van der Waals surface area contributed by atoms with E-state index in [-0.39, 0.29) is 5.57 Å². The molecule has 27 heavy (non-hydrogen) atoms. The zero-order valence-electron chi connectivity index (χ0n) is 15.9. The van der Waals surface area contributed by atoms with Crippen LogP contribution in [0.1, 0.15) is 34.1 Å². The lowest BCUT2D eigenvalue weighted by molar-refractivity contribution is -0.181. The van der Waals surface area contributed by atoms with E-state index in [1.54, 1.807) is 19.9 Å². The minimum absolute atomic E-state index is 0.0906. The van der Waals surface area contributed by atoms with Crippen molar-refractivity contribution in [2.75, 3.05) is 0 Å². The SMILES string of the molecule is C=C1C(=O)O[C@@H]2/C=C(/C)C3=CC(=O)[C@](C)(O3)[C@H](O)[C@@H](OC(=O)[C@H](C)CC)[C@@H]12. The van der Waals surface area contributed by atoms with Crippen LogP contribution >= 0.6 is 0 Å². The van der Waals surface area contributed by atoms with Gasteiger partial charge in [0.1, 0.15) is 24.1 Å². The summed E-state index contributed by atoms with van der Waals surface area (Å²) in [5.74, 6) is -2.52. The average Bonchev–Trinajstić information content (AvgIpc) is 3.08. The molecule has 1 fully saturated rings. The number of hydrogen-bond donors (Lipinski definition) is 1. The summed E-state index contributed by atoms with van der Waals surface area (Å²) in [7, 11) is 0. The van der Waals surface area contributed by atoms with Gasteiger partial charge >= 0.3 is 11.9 Å². The van der Waals surface area contributed by atoms with Crippen LogP contribution in [0.2, 0.25) is 0 Å². The van der Waals surface area contributed by atoms with E-state index in [0.717, 1.165) is 0 Å². The fraction of sp³-hybridized carbons (Fsp3) is 0.550. The molecule has 0 aromatic rings. The van der Waals surface area contributed by atoms with Gasteiger partial charge < -0.3 is 19.3 Å². The van der Waals surface area contributed by atoms with Crippen LogP contribution < -0.4 is 0 Å². The van der Waals surface area contributed by atoms with Gasteiger partial charge in [-0.3, -0.25) is 9.59 Å². The molecular weight excluding hydrogens is 352 g/mol. The highest BCUT2D eigenvalue weighted by Crippen LogP contribution is 2.42. The molecule has 146 valence electrons. The van der Waals surface area contributed by atoms with Crippen LogP contribution in [0.4, 0.5) is 0 Å². The summed E-state index contributed by atoms with van der Waals surface area (Å²) in [6.45, 7) is 10.5. The zero-order chi connectivity index (χ0) is 20.1. The Morgan fingerprint density at radius 1 is 1.44 bits per heavy atom. The van der Waals surface area contributed by atoms with Gasteiger partial charge in [0.2, 0.25) is 5.78 Å². The van der Waals surface area contributed by atoms with Crippen molar-refractivity contribution in [1.82, 2.24) is 0 Å². The number of aliphatic hydroxyl groups is 1. The van der Waals surface area contributed by atoms with Crippen LogP contribution in [0.5, 0.6) is 0 Å². The lowest BCUT2D eigenvalue weighted by Crippen LogP contribution is -2.56. The summed E-state index contributed by atoms with van der Waals surface area (Å²) in [4.78, 5) is 37.1. The second kappa shape index (κ2) is 6.64. The molecule has 3 aliphatic rings. The molecule has 3 aliphatic heterocycles. The van der Waals surface area contributed by atoms with Gasteiger partial charge in [-0.2, -0.15) is 0 Å². The first kappa shape index (κ1) is 19.4. The Balaban J connectivity index is 2.10. The number of ether oxygens (including phenoxy) is 3. The molecule has 1 saturated heterocycles. The summed E-state index contributed by atoms with van der Waals surface area (Å²) in [5, 5.41) is 11.1. The molecule has 0 aromatic carbocycles. The minimum atomic E-state index is -1.63. The first-order valence-corrected chi connectivity index (χ1v) is 9.02. The quantitative estimate of drug-likeness (QED) is 0.590. The maximum atomic E-state index is 12.6. The van der Waals surface area contributed by atoms with E-state index in [9.17, 15) is 19.5 Å². The number of rotatable bonds is 3. The summed E-state index contributed by atoms with van der Waals surface area (Å²) >= 11 is 0. The van der Waals surface area contributed by atoms with E-state index < -0.39 is 53.5 Å². The molecule has 0 spiro atoms. The van der Waals surface area contributed by atoms with E-state index in [0.29, 0.717) is 17.8 Å². The third-order valence-corrected chi connectivity index (χ3v) is 5.63. The molecule has 6 atom stereocenters. The highest BCUT2D eigenvalue weighted by Gasteiger charge is 2.57. The predicted molar refractivity (Wildman–Crippen MR) is 94.2 cm³/mol. The second-order valence-corrected chi connectivity index (χ2v) is 7.51. The summed E-state index contributed by atoms with van der Waals surface area (Å²) < 4.78 is 16.7. The third-order valence-electron chi connectivity index (χ3n) is 5.63. The first-order chi connectivity index (χ1) is 12.6. The van der Waals surface area contributed by atoms with Gasteiger partial charge in [0.25, 0.3) is 0 Å². The van der Waals surface area contributed by atoms with Crippen LogP contribution in [-0.4, -0.2) is 46.7 Å². The summed E-state index contributed by atoms with van der Waals surface area (Å²) in [6, 6.07) is 0. The molecule has 3 heterocycles. The molecule has 7 heteroatoms. The molecular formula is C20H24O7. The number of carbonyl (C=O) groups is 3. The molecule has 0 saturated carbocycles. The number of esters is 2.